The molecule has 3 N–H and O–H groups in total. The van der Waals surface area contributed by atoms with Crippen LogP contribution in [0.15, 0.2) is 36.4 Å². The highest BCUT2D eigenvalue weighted by atomic mass is 35.5. The van der Waals surface area contributed by atoms with E-state index >= 15 is 0 Å². The van der Waals surface area contributed by atoms with Gasteiger partial charge in [0.25, 0.3) is 0 Å². The summed E-state index contributed by atoms with van der Waals surface area (Å²) in [7, 11) is 1.46. The van der Waals surface area contributed by atoms with Gasteiger partial charge in [-0.15, -0.1) is 0 Å². The molecule has 2 aliphatic rings. The molecule has 1 saturated carbocycles. The van der Waals surface area contributed by atoms with E-state index in [0.29, 0.717) is 27.8 Å². The second-order valence-corrected chi connectivity index (χ2v) is 7.56. The quantitative estimate of drug-likeness (QED) is 0.477. The number of para-hydroxylation sites is 1. The maximum atomic E-state index is 12.3. The first-order valence-electron chi connectivity index (χ1n) is 9.36. The van der Waals surface area contributed by atoms with Crippen LogP contribution in [0.4, 0.5) is 10.5 Å². The first-order valence-corrected chi connectivity index (χ1v) is 9.74. The minimum atomic E-state index is -0.500. The number of rotatable bonds is 3. The summed E-state index contributed by atoms with van der Waals surface area (Å²) >= 11 is 6.44. The number of carbonyl (C=O) groups excluding carboxylic acids is 1. The summed E-state index contributed by atoms with van der Waals surface area (Å²) in [4.78, 5) is 12.3. The number of hydrogen-bond donors (Lipinski definition) is 3. The lowest BCUT2D eigenvalue weighted by molar-refractivity contribution is 0.206. The first kappa shape index (κ1) is 18.6. The summed E-state index contributed by atoms with van der Waals surface area (Å²) in [6, 6.07) is 10.6. The van der Waals surface area contributed by atoms with Gasteiger partial charge in [0.1, 0.15) is 11.5 Å². The maximum absolute atomic E-state index is 12.3. The fourth-order valence-electron chi connectivity index (χ4n) is 4.17. The average Bonchev–Trinajstić information content (AvgIpc) is 2.70. The molecule has 0 saturated heterocycles. The van der Waals surface area contributed by atoms with Gasteiger partial charge in [-0.1, -0.05) is 43.0 Å². The number of urea groups is 1. The van der Waals surface area contributed by atoms with E-state index in [0.717, 1.165) is 37.7 Å². The Balaban J connectivity index is 1.84. The predicted octanol–water partition coefficient (Wildman–Crippen LogP) is 5.40. The molecule has 2 amide bonds. The van der Waals surface area contributed by atoms with Crippen LogP contribution in [-0.2, 0) is 10.3 Å². The highest BCUT2D eigenvalue weighted by Crippen LogP contribution is 2.50. The van der Waals surface area contributed by atoms with Crippen LogP contribution in [0.25, 0.3) is 0 Å². The Morgan fingerprint density at radius 2 is 1.86 bits per heavy atom. The van der Waals surface area contributed by atoms with E-state index in [-0.39, 0.29) is 11.9 Å². The van der Waals surface area contributed by atoms with Crippen LogP contribution < -0.4 is 15.4 Å². The lowest BCUT2D eigenvalue weighted by atomic mass is 9.74. The Morgan fingerprint density at radius 1 is 1.11 bits per heavy atom. The average molecular weight is 400 g/mol. The van der Waals surface area contributed by atoms with Gasteiger partial charge in [-0.05, 0) is 37.1 Å². The van der Waals surface area contributed by atoms with Gasteiger partial charge in [0.2, 0.25) is 5.90 Å². The molecular formula is C21H22ClN3O3. The lowest BCUT2D eigenvalue weighted by Gasteiger charge is -2.43. The smallest absolute Gasteiger partial charge is 0.319 e. The van der Waals surface area contributed by atoms with E-state index in [1.54, 1.807) is 18.2 Å². The standard InChI is InChI=1S/C21H22ClN3O3/c1-27-19(23)13-7-3-4-8-15(13)28-16-10-9-14(22)18-17(16)21(25-20(26)24-18)11-5-2-6-12-21/h3-4,7-10,23H,2,5-6,11-12H2,1H3,(H2,24,25,26). The maximum Gasteiger partial charge on any atom is 0.319 e. The van der Waals surface area contributed by atoms with E-state index in [1.807, 2.05) is 18.2 Å². The zero-order chi connectivity index (χ0) is 19.7. The first-order chi connectivity index (χ1) is 13.5. The van der Waals surface area contributed by atoms with Gasteiger partial charge in [-0.2, -0.15) is 0 Å². The number of anilines is 1. The number of fused-ring (bicyclic) bond motifs is 2. The topological polar surface area (TPSA) is 83.4 Å². The molecule has 0 atom stereocenters. The number of carbonyl (C=O) groups is 1. The van der Waals surface area contributed by atoms with Gasteiger partial charge in [0.05, 0.1) is 28.9 Å². The molecule has 2 aromatic rings. The molecule has 1 aliphatic heterocycles. The Hall–Kier alpha value is -2.73. The van der Waals surface area contributed by atoms with Gasteiger partial charge < -0.3 is 20.1 Å². The number of benzene rings is 2. The van der Waals surface area contributed by atoms with Gasteiger partial charge in [-0.25, -0.2) is 4.79 Å². The van der Waals surface area contributed by atoms with Crippen molar-refractivity contribution in [2.45, 2.75) is 37.6 Å². The number of halogens is 1. The molecule has 2 aromatic carbocycles. The minimum absolute atomic E-state index is 0.0252. The van der Waals surface area contributed by atoms with Crippen molar-refractivity contribution < 1.29 is 14.3 Å². The van der Waals surface area contributed by atoms with Crippen molar-refractivity contribution in [2.75, 3.05) is 12.4 Å². The molecule has 1 heterocycles. The number of methoxy groups -OCH3 is 1. The molecule has 146 valence electrons. The number of ether oxygens (including phenoxy) is 2. The second-order valence-electron chi connectivity index (χ2n) is 7.15. The van der Waals surface area contributed by atoms with Crippen molar-refractivity contribution in [2.24, 2.45) is 0 Å². The Labute approximate surface area is 168 Å². The van der Waals surface area contributed by atoms with Crippen molar-refractivity contribution in [3.05, 3.63) is 52.5 Å². The lowest BCUT2D eigenvalue weighted by Crippen LogP contribution is -2.52. The summed E-state index contributed by atoms with van der Waals surface area (Å²) in [5.74, 6) is 1.16. The van der Waals surface area contributed by atoms with E-state index in [1.165, 1.54) is 7.11 Å². The third-order valence-electron chi connectivity index (χ3n) is 5.45. The van der Waals surface area contributed by atoms with Crippen LogP contribution in [0.5, 0.6) is 11.5 Å². The molecule has 0 unspecified atom stereocenters. The Morgan fingerprint density at radius 3 is 2.61 bits per heavy atom. The Kier molecular flexibility index (Phi) is 4.89. The highest BCUT2D eigenvalue weighted by molar-refractivity contribution is 6.34. The zero-order valence-electron chi connectivity index (χ0n) is 15.6. The normalized spacial score (nSPS) is 17.3. The molecule has 0 bridgehead atoms. The summed E-state index contributed by atoms with van der Waals surface area (Å²) in [6.07, 6.45) is 4.86. The molecular weight excluding hydrogens is 378 g/mol. The van der Waals surface area contributed by atoms with Crippen LogP contribution in [-0.4, -0.2) is 19.0 Å². The molecule has 1 fully saturated rings. The van der Waals surface area contributed by atoms with E-state index < -0.39 is 5.54 Å². The number of hydrogen-bond acceptors (Lipinski definition) is 4. The third-order valence-corrected chi connectivity index (χ3v) is 5.76. The molecule has 1 spiro atoms. The fraction of sp³-hybridized carbons (Fsp3) is 0.333. The van der Waals surface area contributed by atoms with Crippen molar-refractivity contribution in [1.29, 1.82) is 5.41 Å². The molecule has 1 aliphatic carbocycles. The second kappa shape index (κ2) is 7.36. The molecule has 7 heteroatoms. The summed E-state index contributed by atoms with van der Waals surface area (Å²) in [5, 5.41) is 14.5. The van der Waals surface area contributed by atoms with E-state index in [2.05, 4.69) is 10.6 Å². The number of amides is 2. The van der Waals surface area contributed by atoms with Gasteiger partial charge in [0.15, 0.2) is 0 Å². The summed E-state index contributed by atoms with van der Waals surface area (Å²) < 4.78 is 11.4. The van der Waals surface area contributed by atoms with Crippen LogP contribution in [0.2, 0.25) is 5.02 Å². The highest BCUT2D eigenvalue weighted by Gasteiger charge is 2.43. The molecule has 0 radical (unpaired) electrons. The summed E-state index contributed by atoms with van der Waals surface area (Å²) in [5.41, 5.74) is 1.53. The van der Waals surface area contributed by atoms with Crippen LogP contribution in [0.3, 0.4) is 0 Å². The van der Waals surface area contributed by atoms with E-state index in [4.69, 9.17) is 26.5 Å². The van der Waals surface area contributed by atoms with Crippen LogP contribution in [0, 0.1) is 5.41 Å². The monoisotopic (exact) mass is 399 g/mol. The fourth-order valence-corrected chi connectivity index (χ4v) is 4.37. The SMILES string of the molecule is COC(=N)c1ccccc1Oc1ccc(Cl)c2c1C1(CCCCC1)NC(=O)N2. The minimum Gasteiger partial charge on any atom is -0.481 e. The van der Waals surface area contributed by atoms with Crippen molar-refractivity contribution >= 4 is 29.2 Å². The molecule has 0 aromatic heterocycles. The molecule has 28 heavy (non-hydrogen) atoms. The van der Waals surface area contributed by atoms with Crippen LogP contribution in [0.1, 0.15) is 43.2 Å². The van der Waals surface area contributed by atoms with Gasteiger partial charge >= 0.3 is 6.03 Å². The molecule has 4 rings (SSSR count). The third kappa shape index (κ3) is 3.18. The van der Waals surface area contributed by atoms with Crippen LogP contribution >= 0.6 is 11.6 Å². The molecule has 6 nitrogen and oxygen atoms in total. The Bertz CT molecular complexity index is 938. The van der Waals surface area contributed by atoms with Crippen molar-refractivity contribution in [3.8, 4) is 11.5 Å². The van der Waals surface area contributed by atoms with E-state index in [9.17, 15) is 4.79 Å². The predicted molar refractivity (Wildman–Crippen MR) is 109 cm³/mol. The van der Waals surface area contributed by atoms with Gasteiger partial charge in [0, 0.05) is 5.56 Å². The van der Waals surface area contributed by atoms with Crippen molar-refractivity contribution in [3.63, 3.8) is 0 Å². The number of nitrogens with one attached hydrogen (secondary N) is 3. The van der Waals surface area contributed by atoms with Crippen molar-refractivity contribution in [1.82, 2.24) is 5.32 Å². The largest absolute Gasteiger partial charge is 0.481 e. The summed E-state index contributed by atoms with van der Waals surface area (Å²) in [6.45, 7) is 0. The van der Waals surface area contributed by atoms with Gasteiger partial charge in [-0.3, -0.25) is 5.41 Å². The zero-order valence-corrected chi connectivity index (χ0v) is 16.4.